The number of rotatable bonds is 3. The summed E-state index contributed by atoms with van der Waals surface area (Å²) in [6.07, 6.45) is 4.36. The third-order valence-electron chi connectivity index (χ3n) is 3.38. The molecule has 0 spiro atoms. The fourth-order valence-corrected chi connectivity index (χ4v) is 2.44. The van der Waals surface area contributed by atoms with Crippen molar-refractivity contribution in [2.75, 3.05) is 0 Å². The molecule has 1 saturated carbocycles. The van der Waals surface area contributed by atoms with Crippen LogP contribution in [-0.2, 0) is 16.8 Å². The number of nitrogens with zero attached hydrogens (tertiary/aromatic N) is 2. The van der Waals surface area contributed by atoms with Gasteiger partial charge in [0.15, 0.2) is 5.82 Å². The summed E-state index contributed by atoms with van der Waals surface area (Å²) in [5.41, 5.74) is -0.334. The van der Waals surface area contributed by atoms with Crippen molar-refractivity contribution < 1.29 is 9.32 Å². The van der Waals surface area contributed by atoms with Crippen molar-refractivity contribution in [2.45, 2.75) is 64.5 Å². The number of hydrogen-bond acceptors (Lipinski definition) is 4. The van der Waals surface area contributed by atoms with Crippen molar-refractivity contribution in [3.63, 3.8) is 0 Å². The van der Waals surface area contributed by atoms with E-state index >= 15 is 0 Å². The third-order valence-corrected chi connectivity index (χ3v) is 3.38. The quantitative estimate of drug-likeness (QED) is 0.892. The summed E-state index contributed by atoms with van der Waals surface area (Å²) in [6.45, 7) is 5.76. The number of carbonyl (C=O) groups excluding carboxylic acids is 1. The lowest BCUT2D eigenvalue weighted by molar-refractivity contribution is -0.122. The largest absolute Gasteiger partial charge is 0.442 e. The molecular formula is C13H21N3O3. The van der Waals surface area contributed by atoms with Gasteiger partial charge in [-0.1, -0.05) is 38.8 Å². The Balaban J connectivity index is 2.08. The van der Waals surface area contributed by atoms with Crippen molar-refractivity contribution in [3.8, 4) is 0 Å². The van der Waals surface area contributed by atoms with Crippen molar-refractivity contribution >= 4 is 5.91 Å². The van der Waals surface area contributed by atoms with Crippen LogP contribution < -0.4 is 11.1 Å². The van der Waals surface area contributed by atoms with E-state index in [1.807, 2.05) is 20.8 Å². The van der Waals surface area contributed by atoms with Crippen LogP contribution >= 0.6 is 0 Å². The lowest BCUT2D eigenvalue weighted by atomic mass is 9.96. The SMILES string of the molecule is CC(C)(C)c1noc(=O)n1CC(=O)NC1CCCC1. The Hall–Kier alpha value is -1.59. The molecule has 19 heavy (non-hydrogen) atoms. The zero-order valence-electron chi connectivity index (χ0n) is 11.7. The second kappa shape index (κ2) is 5.19. The van der Waals surface area contributed by atoms with E-state index in [1.165, 1.54) is 4.57 Å². The van der Waals surface area contributed by atoms with Crippen LogP contribution in [0.1, 0.15) is 52.3 Å². The number of amides is 1. The first kappa shape index (κ1) is 13.8. The van der Waals surface area contributed by atoms with Crippen molar-refractivity contribution in [1.82, 2.24) is 15.0 Å². The van der Waals surface area contributed by atoms with Gasteiger partial charge >= 0.3 is 5.76 Å². The zero-order chi connectivity index (χ0) is 14.0. The molecule has 0 bridgehead atoms. The van der Waals surface area contributed by atoms with Gasteiger partial charge in [-0.3, -0.25) is 13.9 Å². The molecule has 6 nitrogen and oxygen atoms in total. The Morgan fingerprint density at radius 3 is 2.63 bits per heavy atom. The van der Waals surface area contributed by atoms with Gasteiger partial charge in [-0.25, -0.2) is 4.79 Å². The van der Waals surface area contributed by atoms with Crippen LogP contribution in [0.2, 0.25) is 0 Å². The third kappa shape index (κ3) is 3.24. The molecule has 1 fully saturated rings. The zero-order valence-corrected chi connectivity index (χ0v) is 11.7. The van der Waals surface area contributed by atoms with Gasteiger partial charge in [0, 0.05) is 11.5 Å². The van der Waals surface area contributed by atoms with Gasteiger partial charge in [-0.05, 0) is 12.8 Å². The Morgan fingerprint density at radius 1 is 1.42 bits per heavy atom. The van der Waals surface area contributed by atoms with Crippen LogP contribution in [-0.4, -0.2) is 21.7 Å². The molecule has 1 aromatic rings. The monoisotopic (exact) mass is 267 g/mol. The molecule has 0 atom stereocenters. The maximum absolute atomic E-state index is 12.0. The predicted molar refractivity (Wildman–Crippen MR) is 69.9 cm³/mol. The van der Waals surface area contributed by atoms with Crippen LogP contribution in [0.4, 0.5) is 0 Å². The van der Waals surface area contributed by atoms with Gasteiger partial charge in [-0.15, -0.1) is 0 Å². The molecule has 1 aliphatic rings. The van der Waals surface area contributed by atoms with E-state index in [0.717, 1.165) is 25.7 Å². The molecule has 1 heterocycles. The van der Waals surface area contributed by atoms with Crippen LogP contribution in [0, 0.1) is 0 Å². The summed E-state index contributed by atoms with van der Waals surface area (Å²) in [5, 5.41) is 6.72. The topological polar surface area (TPSA) is 77.1 Å². The fourth-order valence-electron chi connectivity index (χ4n) is 2.44. The molecule has 1 amide bonds. The Morgan fingerprint density at radius 2 is 2.05 bits per heavy atom. The van der Waals surface area contributed by atoms with E-state index in [4.69, 9.17) is 0 Å². The minimum atomic E-state index is -0.577. The summed E-state index contributed by atoms with van der Waals surface area (Å²) in [4.78, 5) is 23.6. The number of aromatic nitrogens is 2. The van der Waals surface area contributed by atoms with Crippen molar-refractivity contribution in [3.05, 3.63) is 16.4 Å². The van der Waals surface area contributed by atoms with E-state index in [-0.39, 0.29) is 23.9 Å². The predicted octanol–water partition coefficient (Wildman–Crippen LogP) is 1.19. The van der Waals surface area contributed by atoms with Crippen molar-refractivity contribution in [1.29, 1.82) is 0 Å². The molecule has 0 unspecified atom stereocenters. The maximum atomic E-state index is 12.0. The minimum Gasteiger partial charge on any atom is -0.352 e. The average Bonchev–Trinajstić information content (AvgIpc) is 2.89. The highest BCUT2D eigenvalue weighted by Crippen LogP contribution is 2.19. The molecule has 6 heteroatoms. The molecule has 0 saturated heterocycles. The summed E-state index contributed by atoms with van der Waals surface area (Å²) in [6, 6.07) is 0.251. The summed E-state index contributed by atoms with van der Waals surface area (Å²) >= 11 is 0. The number of carbonyl (C=O) groups is 1. The van der Waals surface area contributed by atoms with Crippen LogP contribution in [0.25, 0.3) is 0 Å². The molecule has 0 radical (unpaired) electrons. The second-order valence-corrected chi connectivity index (χ2v) is 6.16. The Labute approximate surface area is 112 Å². The fraction of sp³-hybridized carbons (Fsp3) is 0.769. The highest BCUT2D eigenvalue weighted by atomic mass is 16.5. The van der Waals surface area contributed by atoms with E-state index in [9.17, 15) is 9.59 Å². The molecule has 0 aliphatic heterocycles. The van der Waals surface area contributed by atoms with E-state index < -0.39 is 5.76 Å². The van der Waals surface area contributed by atoms with Crippen LogP contribution in [0.3, 0.4) is 0 Å². The molecule has 1 N–H and O–H groups in total. The summed E-state index contributed by atoms with van der Waals surface area (Å²) < 4.78 is 5.98. The van der Waals surface area contributed by atoms with Crippen LogP contribution in [0.15, 0.2) is 9.32 Å². The molecule has 1 aromatic heterocycles. The number of nitrogens with one attached hydrogen (secondary N) is 1. The molecule has 0 aromatic carbocycles. The first-order valence-electron chi connectivity index (χ1n) is 6.74. The van der Waals surface area contributed by atoms with Crippen LogP contribution in [0.5, 0.6) is 0 Å². The standard InChI is InChI=1S/C13H21N3O3/c1-13(2,3)11-15-19-12(18)16(11)8-10(17)14-9-6-4-5-7-9/h9H,4-8H2,1-3H3,(H,14,17). The van der Waals surface area contributed by atoms with Gasteiger partial charge < -0.3 is 5.32 Å². The molecular weight excluding hydrogens is 246 g/mol. The van der Waals surface area contributed by atoms with Crippen molar-refractivity contribution in [2.24, 2.45) is 0 Å². The first-order valence-corrected chi connectivity index (χ1v) is 6.74. The number of hydrogen-bond donors (Lipinski definition) is 1. The second-order valence-electron chi connectivity index (χ2n) is 6.16. The minimum absolute atomic E-state index is 0.0224. The van der Waals surface area contributed by atoms with E-state index in [2.05, 4.69) is 15.0 Å². The highest BCUT2D eigenvalue weighted by molar-refractivity contribution is 5.76. The maximum Gasteiger partial charge on any atom is 0.442 e. The average molecular weight is 267 g/mol. The first-order chi connectivity index (χ1) is 8.88. The molecule has 106 valence electrons. The normalized spacial score (nSPS) is 16.8. The van der Waals surface area contributed by atoms with E-state index in [1.54, 1.807) is 0 Å². The summed E-state index contributed by atoms with van der Waals surface area (Å²) in [7, 11) is 0. The molecule has 1 aliphatic carbocycles. The highest BCUT2D eigenvalue weighted by Gasteiger charge is 2.26. The Bertz CT molecular complexity index is 504. The smallest absolute Gasteiger partial charge is 0.352 e. The van der Waals surface area contributed by atoms with Gasteiger partial charge in [0.2, 0.25) is 5.91 Å². The Kier molecular flexibility index (Phi) is 3.78. The van der Waals surface area contributed by atoms with Gasteiger partial charge in [-0.2, -0.15) is 0 Å². The lowest BCUT2D eigenvalue weighted by Crippen LogP contribution is -2.38. The van der Waals surface area contributed by atoms with E-state index in [0.29, 0.717) is 5.82 Å². The van der Waals surface area contributed by atoms with Gasteiger partial charge in [0.05, 0.1) is 0 Å². The van der Waals surface area contributed by atoms with Gasteiger partial charge in [0.25, 0.3) is 0 Å². The lowest BCUT2D eigenvalue weighted by Gasteiger charge is -2.17. The summed E-state index contributed by atoms with van der Waals surface area (Å²) in [5.74, 6) is -0.228. The molecule has 2 rings (SSSR count). The van der Waals surface area contributed by atoms with Gasteiger partial charge in [0.1, 0.15) is 6.54 Å².